The van der Waals surface area contributed by atoms with E-state index in [4.69, 9.17) is 11.6 Å². The largest absolute Gasteiger partial charge is 0.419 e. The van der Waals surface area contributed by atoms with Gasteiger partial charge < -0.3 is 5.11 Å². The molecule has 2 aromatic rings. The molecule has 106 valence electrons. The molecule has 20 heavy (non-hydrogen) atoms. The first-order chi connectivity index (χ1) is 9.30. The standard InChI is InChI=1S/C13H8ClF4NO/c14-10-6-19-4-3-8(10)12(20)7-1-2-11(15)9(5-7)13(16,17)18/h1-6,12,20H. The average Bonchev–Trinajstić information content (AvgIpc) is 2.37. The Morgan fingerprint density at radius 1 is 1.20 bits per heavy atom. The number of pyridine rings is 1. The molecule has 0 bridgehead atoms. The highest BCUT2D eigenvalue weighted by Crippen LogP contribution is 2.35. The average molecular weight is 306 g/mol. The van der Waals surface area contributed by atoms with E-state index in [0.717, 1.165) is 6.07 Å². The molecule has 0 saturated carbocycles. The third kappa shape index (κ3) is 2.91. The molecule has 1 heterocycles. The highest BCUT2D eigenvalue weighted by atomic mass is 35.5. The van der Waals surface area contributed by atoms with E-state index >= 15 is 0 Å². The lowest BCUT2D eigenvalue weighted by Crippen LogP contribution is -2.10. The fourth-order valence-corrected chi connectivity index (χ4v) is 1.94. The zero-order valence-electron chi connectivity index (χ0n) is 9.83. The molecule has 1 unspecified atom stereocenters. The zero-order valence-corrected chi connectivity index (χ0v) is 10.6. The Bertz CT molecular complexity index is 630. The van der Waals surface area contributed by atoms with Crippen molar-refractivity contribution < 1.29 is 22.7 Å². The first kappa shape index (κ1) is 14.7. The number of halogens is 5. The van der Waals surface area contributed by atoms with E-state index < -0.39 is 23.7 Å². The number of nitrogens with zero attached hydrogens (tertiary/aromatic N) is 1. The number of benzene rings is 1. The molecular weight excluding hydrogens is 298 g/mol. The molecule has 2 rings (SSSR count). The first-order valence-electron chi connectivity index (χ1n) is 5.45. The third-order valence-electron chi connectivity index (χ3n) is 2.71. The van der Waals surface area contributed by atoms with Gasteiger partial charge in [-0.15, -0.1) is 0 Å². The van der Waals surface area contributed by atoms with E-state index in [2.05, 4.69) is 4.98 Å². The van der Waals surface area contributed by atoms with Gasteiger partial charge in [0.15, 0.2) is 0 Å². The molecule has 2 nitrogen and oxygen atoms in total. The molecule has 0 aliphatic carbocycles. The molecule has 1 aromatic heterocycles. The summed E-state index contributed by atoms with van der Waals surface area (Å²) in [6.07, 6.45) is -3.62. The van der Waals surface area contributed by atoms with Crippen molar-refractivity contribution >= 4 is 11.6 Å². The molecular formula is C13H8ClF4NO. The quantitative estimate of drug-likeness (QED) is 0.852. The van der Waals surface area contributed by atoms with Crippen LogP contribution in [0.2, 0.25) is 5.02 Å². The van der Waals surface area contributed by atoms with Gasteiger partial charge in [0.05, 0.1) is 10.6 Å². The van der Waals surface area contributed by atoms with Crippen LogP contribution in [0.25, 0.3) is 0 Å². The minimum Gasteiger partial charge on any atom is -0.384 e. The Morgan fingerprint density at radius 2 is 1.90 bits per heavy atom. The minimum absolute atomic E-state index is 0.105. The first-order valence-corrected chi connectivity index (χ1v) is 5.82. The van der Waals surface area contributed by atoms with Crippen molar-refractivity contribution in [3.05, 3.63) is 64.2 Å². The molecule has 7 heteroatoms. The summed E-state index contributed by atoms with van der Waals surface area (Å²) in [6.45, 7) is 0. The number of aliphatic hydroxyl groups is 1. The summed E-state index contributed by atoms with van der Waals surface area (Å²) >= 11 is 5.81. The number of aliphatic hydroxyl groups excluding tert-OH is 1. The van der Waals surface area contributed by atoms with Crippen molar-refractivity contribution in [3.8, 4) is 0 Å². The Hall–Kier alpha value is -1.66. The van der Waals surface area contributed by atoms with Crippen molar-refractivity contribution in [2.75, 3.05) is 0 Å². The van der Waals surface area contributed by atoms with E-state index in [1.54, 1.807) is 0 Å². The minimum atomic E-state index is -4.83. The predicted molar refractivity (Wildman–Crippen MR) is 64.7 cm³/mol. The second kappa shape index (κ2) is 5.38. The van der Waals surface area contributed by atoms with Crippen LogP contribution in [0.1, 0.15) is 22.8 Å². The molecule has 0 spiro atoms. The van der Waals surface area contributed by atoms with Gasteiger partial charge in [-0.05, 0) is 23.8 Å². The monoisotopic (exact) mass is 305 g/mol. The van der Waals surface area contributed by atoms with Crippen LogP contribution in [0.5, 0.6) is 0 Å². The molecule has 0 aliphatic rings. The van der Waals surface area contributed by atoms with Gasteiger partial charge in [0, 0.05) is 18.0 Å². The van der Waals surface area contributed by atoms with Crippen LogP contribution < -0.4 is 0 Å². The van der Waals surface area contributed by atoms with E-state index in [0.29, 0.717) is 12.1 Å². The summed E-state index contributed by atoms with van der Waals surface area (Å²) in [5.74, 6) is -1.39. The SMILES string of the molecule is OC(c1ccc(F)c(C(F)(F)F)c1)c1ccncc1Cl. The van der Waals surface area contributed by atoms with Crippen LogP contribution in [0, 0.1) is 5.82 Å². The van der Waals surface area contributed by atoms with Crippen molar-refractivity contribution in [3.63, 3.8) is 0 Å². The lowest BCUT2D eigenvalue weighted by molar-refractivity contribution is -0.140. The van der Waals surface area contributed by atoms with Crippen molar-refractivity contribution in [1.82, 2.24) is 4.98 Å². The van der Waals surface area contributed by atoms with Gasteiger partial charge >= 0.3 is 6.18 Å². The van der Waals surface area contributed by atoms with Crippen molar-refractivity contribution in [2.45, 2.75) is 12.3 Å². The number of rotatable bonds is 2. The van der Waals surface area contributed by atoms with Gasteiger partial charge in [0.1, 0.15) is 11.9 Å². The van der Waals surface area contributed by atoms with Crippen LogP contribution >= 0.6 is 11.6 Å². The fourth-order valence-electron chi connectivity index (χ4n) is 1.72. The van der Waals surface area contributed by atoms with E-state index in [9.17, 15) is 22.7 Å². The molecule has 0 saturated heterocycles. The van der Waals surface area contributed by atoms with Crippen LogP contribution in [-0.4, -0.2) is 10.1 Å². The van der Waals surface area contributed by atoms with E-state index in [-0.39, 0.29) is 16.1 Å². The summed E-state index contributed by atoms with van der Waals surface area (Å²) in [5, 5.41) is 10.2. The lowest BCUT2D eigenvalue weighted by atomic mass is 10.00. The maximum absolute atomic E-state index is 13.2. The molecule has 1 N–H and O–H groups in total. The van der Waals surface area contributed by atoms with Gasteiger partial charge in [0.2, 0.25) is 0 Å². The van der Waals surface area contributed by atoms with Gasteiger partial charge in [-0.2, -0.15) is 13.2 Å². The Labute approximate surface area is 116 Å². The molecule has 0 aliphatic heterocycles. The molecule has 0 radical (unpaired) electrons. The normalized spacial score (nSPS) is 13.3. The maximum atomic E-state index is 13.2. The summed E-state index contributed by atoms with van der Waals surface area (Å²) in [6, 6.07) is 3.68. The molecule has 1 aromatic carbocycles. The van der Waals surface area contributed by atoms with Gasteiger partial charge in [-0.3, -0.25) is 4.98 Å². The van der Waals surface area contributed by atoms with Crippen molar-refractivity contribution in [2.24, 2.45) is 0 Å². The van der Waals surface area contributed by atoms with E-state index in [1.807, 2.05) is 0 Å². The maximum Gasteiger partial charge on any atom is 0.419 e. The smallest absolute Gasteiger partial charge is 0.384 e. The Morgan fingerprint density at radius 3 is 2.50 bits per heavy atom. The third-order valence-corrected chi connectivity index (χ3v) is 3.03. The second-order valence-corrected chi connectivity index (χ2v) is 4.44. The highest BCUT2D eigenvalue weighted by Gasteiger charge is 2.34. The summed E-state index contributed by atoms with van der Waals surface area (Å²) < 4.78 is 51.0. The van der Waals surface area contributed by atoms with Gasteiger partial charge in [-0.25, -0.2) is 4.39 Å². The van der Waals surface area contributed by atoms with Crippen LogP contribution in [0.3, 0.4) is 0 Å². The number of hydrogen-bond donors (Lipinski definition) is 1. The Balaban J connectivity index is 2.46. The van der Waals surface area contributed by atoms with E-state index in [1.165, 1.54) is 18.5 Å². The highest BCUT2D eigenvalue weighted by molar-refractivity contribution is 6.31. The summed E-state index contributed by atoms with van der Waals surface area (Å²) in [7, 11) is 0. The predicted octanol–water partition coefficient (Wildman–Crippen LogP) is 3.97. The summed E-state index contributed by atoms with van der Waals surface area (Å²) in [4.78, 5) is 3.71. The fraction of sp³-hybridized carbons (Fsp3) is 0.154. The Kier molecular flexibility index (Phi) is 3.96. The second-order valence-electron chi connectivity index (χ2n) is 4.04. The van der Waals surface area contributed by atoms with Gasteiger partial charge in [-0.1, -0.05) is 17.7 Å². The lowest BCUT2D eigenvalue weighted by Gasteiger charge is -2.15. The molecule has 0 fully saturated rings. The summed E-state index contributed by atoms with van der Waals surface area (Å²) in [5.41, 5.74) is -1.34. The van der Waals surface area contributed by atoms with Crippen molar-refractivity contribution in [1.29, 1.82) is 0 Å². The number of alkyl halides is 3. The van der Waals surface area contributed by atoms with Crippen LogP contribution in [0.15, 0.2) is 36.7 Å². The van der Waals surface area contributed by atoms with Gasteiger partial charge in [0.25, 0.3) is 0 Å². The number of hydrogen-bond acceptors (Lipinski definition) is 2. The van der Waals surface area contributed by atoms with Crippen LogP contribution in [-0.2, 0) is 6.18 Å². The van der Waals surface area contributed by atoms with Crippen LogP contribution in [0.4, 0.5) is 17.6 Å². The zero-order chi connectivity index (χ0) is 14.9. The number of aromatic nitrogens is 1. The topological polar surface area (TPSA) is 33.1 Å². The molecule has 1 atom stereocenters. The molecule has 0 amide bonds.